The van der Waals surface area contributed by atoms with E-state index in [4.69, 9.17) is 5.73 Å². The van der Waals surface area contributed by atoms with Crippen LogP contribution in [0.1, 0.15) is 40.2 Å². The number of primary amides is 1. The van der Waals surface area contributed by atoms with Gasteiger partial charge in [-0.05, 0) is 100 Å². The maximum atomic E-state index is 11.8. The molecule has 126 valence electrons. The molecule has 2 aromatic rings. The van der Waals surface area contributed by atoms with Gasteiger partial charge in [0.05, 0.1) is 0 Å². The van der Waals surface area contributed by atoms with Crippen molar-refractivity contribution in [3.8, 4) is 0 Å². The Kier molecular flexibility index (Phi) is 6.15. The lowest BCUT2D eigenvalue weighted by Crippen LogP contribution is -2.33. The second-order valence-electron chi connectivity index (χ2n) is 6.22. The summed E-state index contributed by atoms with van der Waals surface area (Å²) >= 11 is 4.70. The molecule has 1 heterocycles. The lowest BCUT2D eigenvalue weighted by molar-refractivity contribution is 0.0998. The van der Waals surface area contributed by atoms with E-state index in [1.165, 1.54) is 12.7 Å². The van der Waals surface area contributed by atoms with Crippen LogP contribution >= 0.6 is 45.2 Å². The molecule has 0 bridgehead atoms. The molecule has 0 aromatic heterocycles. The molecule has 5 heteroatoms. The first-order chi connectivity index (χ1) is 11.6. The van der Waals surface area contributed by atoms with E-state index in [1.807, 2.05) is 12.1 Å². The van der Waals surface area contributed by atoms with Crippen LogP contribution in [0.3, 0.4) is 0 Å². The highest BCUT2D eigenvalue weighted by Gasteiger charge is 2.26. The third-order valence-corrected chi connectivity index (χ3v) is 7.74. The number of benzene rings is 2. The molecule has 0 atom stereocenters. The van der Waals surface area contributed by atoms with E-state index in [0.717, 1.165) is 38.0 Å². The summed E-state index contributed by atoms with van der Waals surface area (Å²) in [6.45, 7) is 3.11. The number of amides is 1. The third kappa shape index (κ3) is 4.11. The lowest BCUT2D eigenvalue weighted by atomic mass is 9.86. The first-order valence-corrected chi connectivity index (χ1v) is 10.3. The molecular formula is C19H20I2N2O. The van der Waals surface area contributed by atoms with E-state index in [0.29, 0.717) is 11.5 Å². The fraction of sp³-hybridized carbons (Fsp3) is 0.316. The predicted molar refractivity (Wildman–Crippen MR) is 114 cm³/mol. The maximum Gasteiger partial charge on any atom is 0.249 e. The molecule has 3 rings (SSSR count). The summed E-state index contributed by atoms with van der Waals surface area (Å²) in [5.74, 6) is 0.104. The number of hydrogen-bond acceptors (Lipinski definition) is 2. The molecule has 24 heavy (non-hydrogen) atoms. The first kappa shape index (κ1) is 18.1. The number of likely N-dealkylation sites (tertiary alicyclic amines) is 1. The topological polar surface area (TPSA) is 46.3 Å². The Balaban J connectivity index is 1.73. The minimum atomic E-state index is -0.314. The fourth-order valence-corrected chi connectivity index (χ4v) is 4.78. The monoisotopic (exact) mass is 546 g/mol. The Morgan fingerprint density at radius 2 is 1.75 bits per heavy atom. The van der Waals surface area contributed by atoms with Crippen LogP contribution in [-0.4, -0.2) is 23.9 Å². The van der Waals surface area contributed by atoms with E-state index in [1.54, 1.807) is 0 Å². The highest BCUT2D eigenvalue weighted by Crippen LogP contribution is 2.35. The van der Waals surface area contributed by atoms with Gasteiger partial charge in [0.25, 0.3) is 0 Å². The van der Waals surface area contributed by atoms with E-state index < -0.39 is 0 Å². The zero-order chi connectivity index (χ0) is 17.1. The van der Waals surface area contributed by atoms with Crippen LogP contribution in [0.2, 0.25) is 0 Å². The molecule has 2 N–H and O–H groups in total. The summed E-state index contributed by atoms with van der Waals surface area (Å²) in [5.41, 5.74) is 8.83. The molecule has 3 nitrogen and oxygen atoms in total. The Morgan fingerprint density at radius 3 is 2.38 bits per heavy atom. The smallest absolute Gasteiger partial charge is 0.249 e. The number of carbonyl (C=O) groups is 1. The molecule has 1 aliphatic rings. The van der Waals surface area contributed by atoms with Gasteiger partial charge in [0.2, 0.25) is 5.91 Å². The summed E-state index contributed by atoms with van der Waals surface area (Å²) in [4.78, 5) is 14.3. The Hall–Kier alpha value is -0.670. The highest BCUT2D eigenvalue weighted by molar-refractivity contribution is 14.1. The normalized spacial score (nSPS) is 16.2. The summed E-state index contributed by atoms with van der Waals surface area (Å²) in [6, 6.07) is 14.5. The van der Waals surface area contributed by atoms with Gasteiger partial charge >= 0.3 is 0 Å². The van der Waals surface area contributed by atoms with Gasteiger partial charge < -0.3 is 5.73 Å². The average Bonchev–Trinajstić information content (AvgIpc) is 2.59. The van der Waals surface area contributed by atoms with Crippen LogP contribution in [0, 0.1) is 7.14 Å². The number of rotatable bonds is 4. The molecule has 1 amide bonds. The van der Waals surface area contributed by atoms with Crippen molar-refractivity contribution in [1.82, 2.24) is 4.90 Å². The number of carbonyl (C=O) groups excluding carboxylic acids is 1. The van der Waals surface area contributed by atoms with Crippen molar-refractivity contribution in [3.63, 3.8) is 0 Å². The number of hydrogen-bond donors (Lipinski definition) is 1. The van der Waals surface area contributed by atoms with Gasteiger partial charge in [0.1, 0.15) is 0 Å². The zero-order valence-electron chi connectivity index (χ0n) is 13.3. The highest BCUT2D eigenvalue weighted by atomic mass is 127. The SMILES string of the molecule is NC(=O)c1ccc(I)c(I)c1C1CCN(Cc2ccccc2)CC1. The summed E-state index contributed by atoms with van der Waals surface area (Å²) in [5, 5.41) is 0. The van der Waals surface area contributed by atoms with Gasteiger partial charge in [-0.15, -0.1) is 0 Å². The fourth-order valence-electron chi connectivity index (χ4n) is 3.40. The van der Waals surface area contributed by atoms with Crippen molar-refractivity contribution in [1.29, 1.82) is 0 Å². The van der Waals surface area contributed by atoms with Crippen molar-refractivity contribution in [2.45, 2.75) is 25.3 Å². The van der Waals surface area contributed by atoms with Crippen LogP contribution in [0.5, 0.6) is 0 Å². The van der Waals surface area contributed by atoms with Crippen molar-refractivity contribution < 1.29 is 4.79 Å². The molecule has 2 aromatic carbocycles. The molecule has 1 fully saturated rings. The average molecular weight is 546 g/mol. The van der Waals surface area contributed by atoms with Gasteiger partial charge in [0.15, 0.2) is 0 Å². The van der Waals surface area contributed by atoms with Crippen molar-refractivity contribution in [3.05, 3.63) is 66.3 Å². The van der Waals surface area contributed by atoms with Crippen molar-refractivity contribution >= 4 is 51.1 Å². The molecular weight excluding hydrogens is 526 g/mol. The Morgan fingerprint density at radius 1 is 1.08 bits per heavy atom. The Bertz CT molecular complexity index is 726. The molecule has 1 saturated heterocycles. The third-order valence-electron chi connectivity index (χ3n) is 4.64. The standard InChI is InChI=1S/C19H20I2N2O/c20-16-7-6-15(19(22)24)17(18(16)21)14-8-10-23(11-9-14)12-13-4-2-1-3-5-13/h1-7,14H,8-12H2,(H2,22,24). The van der Waals surface area contributed by atoms with Gasteiger partial charge in [-0.25, -0.2) is 0 Å². The molecule has 0 unspecified atom stereocenters. The predicted octanol–water partition coefficient (Wildman–Crippen LogP) is 4.37. The second-order valence-corrected chi connectivity index (χ2v) is 8.46. The van der Waals surface area contributed by atoms with Crippen LogP contribution in [0.25, 0.3) is 0 Å². The number of halogens is 2. The molecule has 0 radical (unpaired) electrons. The second kappa shape index (κ2) is 8.14. The lowest BCUT2D eigenvalue weighted by Gasteiger charge is -2.33. The van der Waals surface area contributed by atoms with Crippen molar-refractivity contribution in [2.24, 2.45) is 5.73 Å². The zero-order valence-corrected chi connectivity index (χ0v) is 17.7. The number of nitrogens with zero attached hydrogens (tertiary/aromatic N) is 1. The molecule has 0 saturated carbocycles. The quantitative estimate of drug-likeness (QED) is 0.580. The first-order valence-electron chi connectivity index (χ1n) is 8.10. The van der Waals surface area contributed by atoms with Gasteiger partial charge in [-0.3, -0.25) is 9.69 Å². The summed E-state index contributed by atoms with van der Waals surface area (Å²) in [6.07, 6.45) is 2.15. The molecule has 0 spiro atoms. The van der Waals surface area contributed by atoms with Crippen LogP contribution < -0.4 is 5.73 Å². The number of piperidine rings is 1. The van der Waals surface area contributed by atoms with Gasteiger partial charge in [-0.1, -0.05) is 30.3 Å². The molecule has 0 aliphatic carbocycles. The Labute approximate surface area is 170 Å². The van der Waals surface area contributed by atoms with Gasteiger partial charge in [0, 0.05) is 19.2 Å². The van der Waals surface area contributed by atoms with Gasteiger partial charge in [-0.2, -0.15) is 0 Å². The van der Waals surface area contributed by atoms with E-state index in [-0.39, 0.29) is 5.91 Å². The van der Waals surface area contributed by atoms with Crippen LogP contribution in [0.4, 0.5) is 0 Å². The number of nitrogens with two attached hydrogens (primary N) is 1. The van der Waals surface area contributed by atoms with E-state index >= 15 is 0 Å². The maximum absolute atomic E-state index is 11.8. The minimum absolute atomic E-state index is 0.314. The van der Waals surface area contributed by atoms with E-state index in [2.05, 4.69) is 80.4 Å². The van der Waals surface area contributed by atoms with Crippen LogP contribution in [-0.2, 0) is 6.54 Å². The summed E-state index contributed by atoms with van der Waals surface area (Å²) < 4.78 is 2.38. The van der Waals surface area contributed by atoms with Crippen LogP contribution in [0.15, 0.2) is 42.5 Å². The van der Waals surface area contributed by atoms with E-state index in [9.17, 15) is 4.79 Å². The summed E-state index contributed by atoms with van der Waals surface area (Å²) in [7, 11) is 0. The van der Waals surface area contributed by atoms with Crippen molar-refractivity contribution in [2.75, 3.05) is 13.1 Å². The largest absolute Gasteiger partial charge is 0.366 e. The minimum Gasteiger partial charge on any atom is -0.366 e. The molecule has 1 aliphatic heterocycles.